The Kier molecular flexibility index (Phi) is 6.57. The number of carbonyl (C=O) groups is 1. The van der Waals surface area contributed by atoms with Crippen molar-refractivity contribution in [2.24, 2.45) is 0 Å². The monoisotopic (exact) mass is 447 g/mol. The molecular formula is C26H22ClNO4. The molecule has 0 radical (unpaired) electrons. The van der Waals surface area contributed by atoms with Gasteiger partial charge in [0.25, 0.3) is 5.91 Å². The van der Waals surface area contributed by atoms with E-state index >= 15 is 0 Å². The third-order valence-electron chi connectivity index (χ3n) is 5.04. The molecule has 0 saturated carbocycles. The standard InChI is InChI=1S/C26H22ClNO4/c1-17-7-12-22-21(15-17)24(30)26(25(32-22)19-8-10-20(27)11-9-19)31-16-23(29)28-14-13-18-5-3-2-4-6-18/h2-12,15H,13-14,16H2,1H3,(H,28,29). The summed E-state index contributed by atoms with van der Waals surface area (Å²) in [6.45, 7) is 2.08. The second-order valence-electron chi connectivity index (χ2n) is 7.47. The van der Waals surface area contributed by atoms with Gasteiger partial charge >= 0.3 is 0 Å². The van der Waals surface area contributed by atoms with E-state index in [0.29, 0.717) is 34.5 Å². The van der Waals surface area contributed by atoms with Crippen LogP contribution in [0.2, 0.25) is 5.02 Å². The lowest BCUT2D eigenvalue weighted by Crippen LogP contribution is -2.31. The zero-order valence-corrected chi connectivity index (χ0v) is 18.3. The molecule has 1 heterocycles. The van der Waals surface area contributed by atoms with Gasteiger partial charge in [-0.25, -0.2) is 0 Å². The van der Waals surface area contributed by atoms with Crippen LogP contribution in [0.1, 0.15) is 11.1 Å². The average Bonchev–Trinajstić information content (AvgIpc) is 2.80. The van der Waals surface area contributed by atoms with Crippen LogP contribution in [0.25, 0.3) is 22.3 Å². The molecule has 32 heavy (non-hydrogen) atoms. The Hall–Kier alpha value is -3.57. The van der Waals surface area contributed by atoms with Gasteiger partial charge in [0.1, 0.15) is 5.58 Å². The number of carbonyl (C=O) groups excluding carboxylic acids is 1. The third kappa shape index (κ3) is 5.01. The minimum atomic E-state index is -0.322. The number of ether oxygens (including phenoxy) is 1. The molecule has 162 valence electrons. The highest BCUT2D eigenvalue weighted by Gasteiger charge is 2.19. The van der Waals surface area contributed by atoms with Crippen LogP contribution in [0.5, 0.6) is 5.75 Å². The van der Waals surface area contributed by atoms with Gasteiger partial charge in [0.15, 0.2) is 12.4 Å². The van der Waals surface area contributed by atoms with Crippen molar-refractivity contribution < 1.29 is 13.9 Å². The van der Waals surface area contributed by atoms with E-state index < -0.39 is 0 Å². The number of halogens is 1. The maximum atomic E-state index is 13.2. The Morgan fingerprint density at radius 3 is 2.53 bits per heavy atom. The Bertz CT molecular complexity index is 1300. The number of hydrogen-bond donors (Lipinski definition) is 1. The molecule has 3 aromatic carbocycles. The molecule has 5 nitrogen and oxygen atoms in total. The number of aryl methyl sites for hydroxylation is 1. The Balaban J connectivity index is 1.56. The Morgan fingerprint density at radius 1 is 1.03 bits per heavy atom. The molecular weight excluding hydrogens is 426 g/mol. The van der Waals surface area contributed by atoms with Crippen molar-refractivity contribution in [1.82, 2.24) is 5.32 Å². The minimum absolute atomic E-state index is 0.00336. The summed E-state index contributed by atoms with van der Waals surface area (Å²) < 4.78 is 11.7. The van der Waals surface area contributed by atoms with Gasteiger partial charge in [-0.2, -0.15) is 0 Å². The average molecular weight is 448 g/mol. The number of fused-ring (bicyclic) bond motifs is 1. The molecule has 0 saturated heterocycles. The first-order valence-electron chi connectivity index (χ1n) is 10.3. The van der Waals surface area contributed by atoms with Crippen LogP contribution in [-0.4, -0.2) is 19.1 Å². The first-order valence-corrected chi connectivity index (χ1v) is 10.7. The number of rotatable bonds is 7. The molecule has 0 spiro atoms. The van der Waals surface area contributed by atoms with Crippen LogP contribution in [0.4, 0.5) is 0 Å². The van der Waals surface area contributed by atoms with Crippen LogP contribution in [0.3, 0.4) is 0 Å². The zero-order chi connectivity index (χ0) is 22.5. The molecule has 4 rings (SSSR count). The Morgan fingerprint density at radius 2 is 1.78 bits per heavy atom. The van der Waals surface area contributed by atoms with Crippen LogP contribution in [0.15, 0.2) is 82.0 Å². The van der Waals surface area contributed by atoms with E-state index in [0.717, 1.165) is 11.1 Å². The maximum Gasteiger partial charge on any atom is 0.257 e. The van der Waals surface area contributed by atoms with Gasteiger partial charge in [0.05, 0.1) is 5.39 Å². The molecule has 4 aromatic rings. The predicted octanol–water partition coefficient (Wildman–Crippen LogP) is 5.16. The molecule has 0 aliphatic heterocycles. The fourth-order valence-electron chi connectivity index (χ4n) is 3.39. The van der Waals surface area contributed by atoms with Crippen LogP contribution < -0.4 is 15.5 Å². The van der Waals surface area contributed by atoms with Crippen LogP contribution >= 0.6 is 11.6 Å². The van der Waals surface area contributed by atoms with Crippen molar-refractivity contribution in [1.29, 1.82) is 0 Å². The summed E-state index contributed by atoms with van der Waals surface area (Å²) in [7, 11) is 0. The fraction of sp³-hybridized carbons (Fsp3) is 0.154. The second kappa shape index (κ2) is 9.71. The van der Waals surface area contributed by atoms with E-state index in [2.05, 4.69) is 5.32 Å². The third-order valence-corrected chi connectivity index (χ3v) is 5.29. The molecule has 1 aromatic heterocycles. The molecule has 0 atom stereocenters. The summed E-state index contributed by atoms with van der Waals surface area (Å²) in [6, 6.07) is 22.1. The van der Waals surface area contributed by atoms with Gasteiger partial charge in [-0.1, -0.05) is 53.6 Å². The van der Waals surface area contributed by atoms with Crippen molar-refractivity contribution in [3.8, 4) is 17.1 Å². The lowest BCUT2D eigenvalue weighted by molar-refractivity contribution is -0.123. The lowest BCUT2D eigenvalue weighted by atomic mass is 10.1. The summed E-state index contributed by atoms with van der Waals surface area (Å²) >= 11 is 6.00. The van der Waals surface area contributed by atoms with E-state index in [1.54, 1.807) is 36.4 Å². The van der Waals surface area contributed by atoms with Crippen LogP contribution in [-0.2, 0) is 11.2 Å². The molecule has 0 aliphatic rings. The molecule has 1 amide bonds. The van der Waals surface area contributed by atoms with Gasteiger partial charge in [-0.3, -0.25) is 9.59 Å². The summed E-state index contributed by atoms with van der Waals surface area (Å²) in [5, 5.41) is 3.79. The van der Waals surface area contributed by atoms with Crippen molar-refractivity contribution >= 4 is 28.5 Å². The SMILES string of the molecule is Cc1ccc2oc(-c3ccc(Cl)cc3)c(OCC(=O)NCCc3ccccc3)c(=O)c2c1. The first-order chi connectivity index (χ1) is 15.5. The van der Waals surface area contributed by atoms with Gasteiger partial charge in [0, 0.05) is 17.1 Å². The summed E-state index contributed by atoms with van der Waals surface area (Å²) in [5.41, 5.74) is 2.81. The van der Waals surface area contributed by atoms with Gasteiger partial charge in [0.2, 0.25) is 11.2 Å². The molecule has 1 N–H and O–H groups in total. The largest absolute Gasteiger partial charge is 0.476 e. The smallest absolute Gasteiger partial charge is 0.257 e. The quantitative estimate of drug-likeness (QED) is 0.425. The first kappa shape index (κ1) is 21.7. The lowest BCUT2D eigenvalue weighted by Gasteiger charge is -2.12. The highest BCUT2D eigenvalue weighted by molar-refractivity contribution is 6.30. The van der Waals surface area contributed by atoms with Crippen molar-refractivity contribution in [2.75, 3.05) is 13.2 Å². The summed E-state index contributed by atoms with van der Waals surface area (Å²) in [5.74, 6) is -0.0459. The second-order valence-corrected chi connectivity index (χ2v) is 7.91. The summed E-state index contributed by atoms with van der Waals surface area (Å²) in [4.78, 5) is 25.6. The number of hydrogen-bond acceptors (Lipinski definition) is 4. The maximum absolute atomic E-state index is 13.2. The van der Waals surface area contributed by atoms with E-state index in [1.165, 1.54) is 0 Å². The molecule has 6 heteroatoms. The van der Waals surface area contributed by atoms with Crippen LogP contribution in [0, 0.1) is 6.92 Å². The Labute approximate surface area is 190 Å². The van der Waals surface area contributed by atoms with Gasteiger partial charge in [-0.05, 0) is 55.3 Å². The minimum Gasteiger partial charge on any atom is -0.476 e. The predicted molar refractivity (Wildman–Crippen MR) is 126 cm³/mol. The molecule has 0 aliphatic carbocycles. The van der Waals surface area contributed by atoms with Crippen molar-refractivity contribution in [3.63, 3.8) is 0 Å². The molecule has 0 unspecified atom stereocenters. The topological polar surface area (TPSA) is 68.5 Å². The molecule has 0 fully saturated rings. The number of amides is 1. The van der Waals surface area contributed by atoms with Crippen molar-refractivity contribution in [3.05, 3.63) is 99.2 Å². The van der Waals surface area contributed by atoms with E-state index in [1.807, 2.05) is 43.3 Å². The van der Waals surface area contributed by atoms with E-state index in [4.69, 9.17) is 20.8 Å². The highest BCUT2D eigenvalue weighted by atomic mass is 35.5. The molecule has 0 bridgehead atoms. The van der Waals surface area contributed by atoms with E-state index in [9.17, 15) is 9.59 Å². The number of benzene rings is 3. The van der Waals surface area contributed by atoms with Gasteiger partial charge < -0.3 is 14.5 Å². The number of nitrogens with one attached hydrogen (secondary N) is 1. The zero-order valence-electron chi connectivity index (χ0n) is 17.6. The normalized spacial score (nSPS) is 10.8. The summed E-state index contributed by atoms with van der Waals surface area (Å²) in [6.07, 6.45) is 0.708. The van der Waals surface area contributed by atoms with Crippen molar-refractivity contribution in [2.45, 2.75) is 13.3 Å². The highest BCUT2D eigenvalue weighted by Crippen LogP contribution is 2.31. The fourth-order valence-corrected chi connectivity index (χ4v) is 3.52. The van der Waals surface area contributed by atoms with Gasteiger partial charge in [-0.15, -0.1) is 0 Å². The van der Waals surface area contributed by atoms with E-state index in [-0.39, 0.29) is 29.5 Å².